The summed E-state index contributed by atoms with van der Waals surface area (Å²) < 4.78 is 13.3. The summed E-state index contributed by atoms with van der Waals surface area (Å²) in [5.74, 6) is 0.605. The van der Waals surface area contributed by atoms with Crippen molar-refractivity contribution in [2.45, 2.75) is 13.0 Å². The van der Waals surface area contributed by atoms with Gasteiger partial charge in [-0.1, -0.05) is 0 Å². The molecule has 0 fully saturated rings. The predicted molar refractivity (Wildman–Crippen MR) is 51.1 cm³/mol. The fourth-order valence-electron chi connectivity index (χ4n) is 0.990. The second kappa shape index (κ2) is 3.95. The molecule has 12 heavy (non-hydrogen) atoms. The van der Waals surface area contributed by atoms with E-state index in [9.17, 15) is 4.21 Å². The van der Waals surface area contributed by atoms with Crippen LogP contribution in [0.15, 0.2) is 6.33 Å². The molecule has 68 valence electrons. The van der Waals surface area contributed by atoms with Crippen molar-refractivity contribution in [3.05, 3.63) is 11.1 Å². The van der Waals surface area contributed by atoms with Crippen molar-refractivity contribution in [1.29, 1.82) is 0 Å². The van der Waals surface area contributed by atoms with Crippen LogP contribution in [0.5, 0.6) is 0 Å². The molecule has 0 spiro atoms. The minimum atomic E-state index is -0.797. The van der Waals surface area contributed by atoms with Gasteiger partial charge >= 0.3 is 0 Å². The first kappa shape index (κ1) is 9.60. The fraction of sp³-hybridized carbons (Fsp3) is 0.667. The van der Waals surface area contributed by atoms with Gasteiger partial charge in [-0.25, -0.2) is 0 Å². The number of nitrogens with one attached hydrogen (secondary N) is 1. The van der Waals surface area contributed by atoms with Crippen LogP contribution >= 0.6 is 12.2 Å². The van der Waals surface area contributed by atoms with E-state index in [0.717, 1.165) is 0 Å². The first-order valence-corrected chi connectivity index (χ1v) is 5.66. The third-order valence-electron chi connectivity index (χ3n) is 1.53. The molecule has 0 saturated carbocycles. The summed E-state index contributed by atoms with van der Waals surface area (Å²) in [5.41, 5.74) is 0. The molecule has 1 heterocycles. The zero-order chi connectivity index (χ0) is 9.14. The van der Waals surface area contributed by atoms with E-state index in [-0.39, 0.29) is 6.04 Å². The van der Waals surface area contributed by atoms with Gasteiger partial charge in [0.25, 0.3) is 0 Å². The second-order valence-corrected chi connectivity index (χ2v) is 4.52. The third-order valence-corrected chi connectivity index (χ3v) is 2.78. The minimum absolute atomic E-state index is 0.141. The third kappa shape index (κ3) is 2.25. The van der Waals surface area contributed by atoms with Gasteiger partial charge in [-0.15, -0.1) is 0 Å². The van der Waals surface area contributed by atoms with Crippen LogP contribution in [-0.2, 0) is 10.8 Å². The van der Waals surface area contributed by atoms with Crippen molar-refractivity contribution in [1.82, 2.24) is 14.8 Å². The van der Waals surface area contributed by atoms with E-state index in [1.165, 1.54) is 0 Å². The lowest BCUT2D eigenvalue weighted by molar-refractivity contribution is 0.588. The van der Waals surface area contributed by atoms with Crippen LogP contribution in [0.2, 0.25) is 0 Å². The zero-order valence-corrected chi connectivity index (χ0v) is 8.61. The van der Waals surface area contributed by atoms with Crippen LogP contribution in [-0.4, -0.2) is 31.0 Å². The number of aromatic nitrogens is 3. The highest BCUT2D eigenvalue weighted by molar-refractivity contribution is 7.84. The molecule has 0 amide bonds. The van der Waals surface area contributed by atoms with Gasteiger partial charge in [0, 0.05) is 28.9 Å². The van der Waals surface area contributed by atoms with Crippen LogP contribution in [0.3, 0.4) is 0 Å². The van der Waals surface area contributed by atoms with Crippen molar-refractivity contribution in [2.75, 3.05) is 12.0 Å². The monoisotopic (exact) mass is 205 g/mol. The Hall–Kier alpha value is -0.490. The van der Waals surface area contributed by atoms with E-state index >= 15 is 0 Å². The molecule has 0 bridgehead atoms. The maximum Gasteiger partial charge on any atom is 0.195 e. The molecule has 2 unspecified atom stereocenters. The summed E-state index contributed by atoms with van der Waals surface area (Å²) in [6, 6.07) is 0.141. The van der Waals surface area contributed by atoms with E-state index < -0.39 is 10.8 Å². The Bertz CT molecular complexity index is 330. The number of rotatable bonds is 3. The average molecular weight is 205 g/mol. The van der Waals surface area contributed by atoms with Crippen LogP contribution in [0, 0.1) is 4.77 Å². The lowest BCUT2D eigenvalue weighted by Crippen LogP contribution is -2.12. The molecule has 1 rings (SSSR count). The highest BCUT2D eigenvalue weighted by atomic mass is 32.2. The van der Waals surface area contributed by atoms with Gasteiger partial charge in [0.2, 0.25) is 0 Å². The quantitative estimate of drug-likeness (QED) is 0.745. The first-order valence-electron chi connectivity index (χ1n) is 3.53. The molecular formula is C6H11N3OS2. The molecule has 0 aliphatic rings. The van der Waals surface area contributed by atoms with E-state index in [2.05, 4.69) is 10.2 Å². The summed E-state index contributed by atoms with van der Waals surface area (Å²) in [6.45, 7) is 1.96. The standard InChI is InChI=1S/C6H11N3OS2/c1-5(3-12(2)10)9-4-7-8-6(9)11/h4-5H,3H2,1-2H3,(H,8,11). The van der Waals surface area contributed by atoms with Crippen LogP contribution in [0.4, 0.5) is 0 Å². The Labute approximate surface area is 78.5 Å². The highest BCUT2D eigenvalue weighted by Gasteiger charge is 2.06. The van der Waals surface area contributed by atoms with Gasteiger partial charge in [0.1, 0.15) is 6.33 Å². The van der Waals surface area contributed by atoms with Gasteiger partial charge in [0.15, 0.2) is 4.77 Å². The molecule has 0 saturated heterocycles. The molecule has 4 nitrogen and oxygen atoms in total. The van der Waals surface area contributed by atoms with Gasteiger partial charge in [-0.3, -0.25) is 9.31 Å². The predicted octanol–water partition coefficient (Wildman–Crippen LogP) is 0.880. The van der Waals surface area contributed by atoms with Crippen molar-refractivity contribution in [3.8, 4) is 0 Å². The van der Waals surface area contributed by atoms with Gasteiger partial charge in [0.05, 0.1) is 0 Å². The van der Waals surface area contributed by atoms with Crippen molar-refractivity contribution in [2.24, 2.45) is 0 Å². The summed E-state index contributed by atoms with van der Waals surface area (Å²) in [6.07, 6.45) is 3.31. The summed E-state index contributed by atoms with van der Waals surface area (Å²) in [5, 5.41) is 6.44. The minimum Gasteiger partial charge on any atom is -0.303 e. The normalized spacial score (nSPS) is 15.8. The number of nitrogens with zero attached hydrogens (tertiary/aromatic N) is 2. The highest BCUT2D eigenvalue weighted by Crippen LogP contribution is 2.05. The van der Waals surface area contributed by atoms with Gasteiger partial charge in [-0.05, 0) is 19.1 Å². The number of aromatic amines is 1. The molecule has 0 aliphatic carbocycles. The molecule has 1 aromatic heterocycles. The van der Waals surface area contributed by atoms with E-state index in [1.54, 1.807) is 17.2 Å². The topological polar surface area (TPSA) is 50.7 Å². The smallest absolute Gasteiger partial charge is 0.195 e. The molecule has 0 aliphatic heterocycles. The lowest BCUT2D eigenvalue weighted by Gasteiger charge is -2.09. The molecule has 1 aromatic rings. The lowest BCUT2D eigenvalue weighted by atomic mass is 10.4. The van der Waals surface area contributed by atoms with Crippen LogP contribution in [0.1, 0.15) is 13.0 Å². The van der Waals surface area contributed by atoms with Crippen molar-refractivity contribution >= 4 is 23.0 Å². The van der Waals surface area contributed by atoms with E-state index in [0.29, 0.717) is 10.5 Å². The van der Waals surface area contributed by atoms with Gasteiger partial charge in [-0.2, -0.15) is 5.10 Å². The summed E-state index contributed by atoms with van der Waals surface area (Å²) >= 11 is 4.96. The molecule has 6 heteroatoms. The molecular weight excluding hydrogens is 194 g/mol. The zero-order valence-electron chi connectivity index (χ0n) is 6.98. The Morgan fingerprint density at radius 3 is 3.00 bits per heavy atom. The average Bonchev–Trinajstić information content (AvgIpc) is 2.33. The van der Waals surface area contributed by atoms with E-state index in [4.69, 9.17) is 12.2 Å². The van der Waals surface area contributed by atoms with Gasteiger partial charge < -0.3 is 4.57 Å². The van der Waals surface area contributed by atoms with Crippen molar-refractivity contribution in [3.63, 3.8) is 0 Å². The Kier molecular flexibility index (Phi) is 3.16. The molecule has 0 aromatic carbocycles. The maximum absolute atomic E-state index is 10.9. The Balaban J connectivity index is 2.78. The Morgan fingerprint density at radius 2 is 2.58 bits per heavy atom. The largest absolute Gasteiger partial charge is 0.303 e. The SMILES string of the molecule is CC(CS(C)=O)n1cn[nH]c1=S. The molecule has 2 atom stereocenters. The second-order valence-electron chi connectivity index (χ2n) is 2.66. The van der Waals surface area contributed by atoms with Crippen LogP contribution in [0.25, 0.3) is 0 Å². The van der Waals surface area contributed by atoms with Crippen molar-refractivity contribution < 1.29 is 4.21 Å². The number of H-pyrrole nitrogens is 1. The maximum atomic E-state index is 10.9. The first-order chi connectivity index (χ1) is 5.61. The molecule has 0 radical (unpaired) electrons. The number of hydrogen-bond acceptors (Lipinski definition) is 3. The van der Waals surface area contributed by atoms with Crippen LogP contribution < -0.4 is 0 Å². The molecule has 1 N–H and O–H groups in total. The summed E-state index contributed by atoms with van der Waals surface area (Å²) in [7, 11) is -0.797. The number of hydrogen-bond donors (Lipinski definition) is 1. The summed E-state index contributed by atoms with van der Waals surface area (Å²) in [4.78, 5) is 0. The van der Waals surface area contributed by atoms with E-state index in [1.807, 2.05) is 6.92 Å². The Morgan fingerprint density at radius 1 is 1.92 bits per heavy atom. The fourth-order valence-corrected chi connectivity index (χ4v) is 2.11.